The predicted octanol–water partition coefficient (Wildman–Crippen LogP) is 3.76. The highest BCUT2D eigenvalue weighted by atomic mass is 16.2. The van der Waals surface area contributed by atoms with Crippen molar-refractivity contribution in [2.45, 2.75) is 39.4 Å². The van der Waals surface area contributed by atoms with Crippen LogP contribution < -0.4 is 5.32 Å². The summed E-state index contributed by atoms with van der Waals surface area (Å²) in [6.07, 6.45) is 4.13. The zero-order valence-corrected chi connectivity index (χ0v) is 20.0. The van der Waals surface area contributed by atoms with E-state index in [2.05, 4.69) is 34.5 Å². The Morgan fingerprint density at radius 2 is 1.69 bits per heavy atom. The predicted molar refractivity (Wildman–Crippen MR) is 134 cm³/mol. The van der Waals surface area contributed by atoms with Crippen molar-refractivity contribution < 1.29 is 9.59 Å². The zero-order valence-electron chi connectivity index (χ0n) is 20.0. The van der Waals surface area contributed by atoms with E-state index in [9.17, 15) is 9.59 Å². The number of amides is 2. The van der Waals surface area contributed by atoms with Gasteiger partial charge in [-0.1, -0.05) is 61.5 Å². The summed E-state index contributed by atoms with van der Waals surface area (Å²) in [4.78, 5) is 33.0. The summed E-state index contributed by atoms with van der Waals surface area (Å²) in [6, 6.07) is 19.9. The molecule has 0 aliphatic carbocycles. The second-order valence-corrected chi connectivity index (χ2v) is 8.90. The lowest BCUT2D eigenvalue weighted by molar-refractivity contribution is -0.142. The molecule has 0 fully saturated rings. The Morgan fingerprint density at radius 3 is 2.43 bits per heavy atom. The van der Waals surface area contributed by atoms with Crippen molar-refractivity contribution in [1.29, 1.82) is 0 Å². The Labute approximate surface area is 205 Å². The summed E-state index contributed by atoms with van der Waals surface area (Å²) in [5, 5.41) is 11.4. The maximum atomic E-state index is 13.8. The van der Waals surface area contributed by atoms with E-state index in [1.54, 1.807) is 34.1 Å². The van der Waals surface area contributed by atoms with Crippen LogP contribution in [0.5, 0.6) is 0 Å². The molecule has 0 aliphatic rings. The van der Waals surface area contributed by atoms with Crippen molar-refractivity contribution in [3.8, 4) is 0 Å². The third-order valence-electron chi connectivity index (χ3n) is 5.82. The molecular formula is C27H30N6O2. The van der Waals surface area contributed by atoms with E-state index >= 15 is 0 Å². The lowest BCUT2D eigenvalue weighted by Gasteiger charge is -2.31. The van der Waals surface area contributed by atoms with Crippen LogP contribution >= 0.6 is 0 Å². The van der Waals surface area contributed by atoms with Gasteiger partial charge in [-0.15, -0.1) is 5.10 Å². The first kappa shape index (κ1) is 24.1. The highest BCUT2D eigenvalue weighted by Gasteiger charge is 2.32. The summed E-state index contributed by atoms with van der Waals surface area (Å²) in [5.41, 5.74) is 3.11. The Hall–Kier alpha value is -4.07. The molecule has 0 spiro atoms. The van der Waals surface area contributed by atoms with Crippen molar-refractivity contribution in [3.05, 3.63) is 90.3 Å². The fourth-order valence-corrected chi connectivity index (χ4v) is 3.96. The molecule has 8 nitrogen and oxygen atoms in total. The van der Waals surface area contributed by atoms with Crippen LogP contribution in [-0.2, 0) is 22.7 Å². The van der Waals surface area contributed by atoms with Gasteiger partial charge in [0.25, 0.3) is 0 Å². The van der Waals surface area contributed by atoms with E-state index in [0.717, 1.165) is 17.5 Å². The monoisotopic (exact) mass is 470 g/mol. The number of hydrogen-bond donors (Lipinski definition) is 1. The molecular weight excluding hydrogens is 440 g/mol. The Kier molecular flexibility index (Phi) is 7.82. The molecule has 4 aromatic rings. The second kappa shape index (κ2) is 11.4. The molecule has 2 amide bonds. The minimum Gasteiger partial charge on any atom is -0.354 e. The lowest BCUT2D eigenvalue weighted by Crippen LogP contribution is -2.45. The summed E-state index contributed by atoms with van der Waals surface area (Å²) in [6.45, 7) is 5.00. The highest BCUT2D eigenvalue weighted by Crippen LogP contribution is 2.24. The van der Waals surface area contributed by atoms with Gasteiger partial charge in [-0.2, -0.15) is 0 Å². The van der Waals surface area contributed by atoms with Gasteiger partial charge in [0, 0.05) is 25.5 Å². The van der Waals surface area contributed by atoms with E-state index in [4.69, 9.17) is 0 Å². The Bertz CT molecular complexity index is 1260. The standard InChI is InChI=1S/C27H30N6O2/c1-20(2)12-17-29-27(35)26(22-13-15-28-16-14-22)32(18-21-8-4-3-5-9-21)25(34)19-33-24-11-7-6-10-23(24)30-31-33/h3-11,13-16,20,26H,12,17-19H2,1-2H3,(H,29,35). The van der Waals surface area contributed by atoms with E-state index in [1.165, 1.54) is 0 Å². The van der Waals surface area contributed by atoms with Crippen LogP contribution in [0.1, 0.15) is 37.4 Å². The third-order valence-corrected chi connectivity index (χ3v) is 5.82. The number of carbonyl (C=O) groups is 2. The number of nitrogens with zero attached hydrogens (tertiary/aromatic N) is 5. The smallest absolute Gasteiger partial charge is 0.247 e. The van der Waals surface area contributed by atoms with Gasteiger partial charge >= 0.3 is 0 Å². The Morgan fingerprint density at radius 1 is 0.971 bits per heavy atom. The summed E-state index contributed by atoms with van der Waals surface area (Å²) < 4.78 is 1.58. The quantitative estimate of drug-likeness (QED) is 0.381. The van der Waals surface area contributed by atoms with Gasteiger partial charge in [0.1, 0.15) is 18.1 Å². The summed E-state index contributed by atoms with van der Waals surface area (Å²) in [7, 11) is 0. The molecule has 0 radical (unpaired) electrons. The average molecular weight is 471 g/mol. The second-order valence-electron chi connectivity index (χ2n) is 8.90. The molecule has 1 atom stereocenters. The zero-order chi connectivity index (χ0) is 24.6. The van der Waals surface area contributed by atoms with E-state index in [0.29, 0.717) is 23.5 Å². The minimum atomic E-state index is -0.812. The molecule has 2 heterocycles. The molecule has 0 saturated carbocycles. The Balaban J connectivity index is 1.68. The summed E-state index contributed by atoms with van der Waals surface area (Å²) in [5.74, 6) is 0.00670. The van der Waals surface area contributed by atoms with Crippen LogP contribution in [-0.4, -0.2) is 43.2 Å². The molecule has 1 unspecified atom stereocenters. The minimum absolute atomic E-state index is 0.0335. The first-order valence-electron chi connectivity index (χ1n) is 11.8. The summed E-state index contributed by atoms with van der Waals surface area (Å²) >= 11 is 0. The fraction of sp³-hybridized carbons (Fsp3) is 0.296. The molecule has 8 heteroatoms. The average Bonchev–Trinajstić information content (AvgIpc) is 3.27. The van der Waals surface area contributed by atoms with Crippen molar-refractivity contribution in [2.24, 2.45) is 5.92 Å². The third kappa shape index (κ3) is 6.09. The maximum absolute atomic E-state index is 13.8. The van der Waals surface area contributed by atoms with E-state index < -0.39 is 6.04 Å². The fourth-order valence-electron chi connectivity index (χ4n) is 3.96. The molecule has 0 bridgehead atoms. The van der Waals surface area contributed by atoms with Gasteiger partial charge < -0.3 is 10.2 Å². The number of carbonyl (C=O) groups excluding carboxylic acids is 2. The van der Waals surface area contributed by atoms with Crippen LogP contribution in [0.3, 0.4) is 0 Å². The molecule has 0 saturated heterocycles. The molecule has 180 valence electrons. The molecule has 2 aromatic carbocycles. The number of nitrogens with one attached hydrogen (secondary N) is 1. The van der Waals surface area contributed by atoms with Crippen LogP contribution in [0.15, 0.2) is 79.1 Å². The maximum Gasteiger partial charge on any atom is 0.247 e. The number of para-hydroxylation sites is 1. The van der Waals surface area contributed by atoms with Crippen LogP contribution in [0.25, 0.3) is 11.0 Å². The first-order valence-corrected chi connectivity index (χ1v) is 11.8. The van der Waals surface area contributed by atoms with E-state index in [-0.39, 0.29) is 24.9 Å². The van der Waals surface area contributed by atoms with Crippen molar-refractivity contribution in [3.63, 3.8) is 0 Å². The van der Waals surface area contributed by atoms with Gasteiger partial charge in [-0.3, -0.25) is 14.6 Å². The highest BCUT2D eigenvalue weighted by molar-refractivity contribution is 5.89. The van der Waals surface area contributed by atoms with Crippen LogP contribution in [0.2, 0.25) is 0 Å². The molecule has 2 aromatic heterocycles. The molecule has 1 N–H and O–H groups in total. The van der Waals surface area contributed by atoms with Gasteiger partial charge in [0.05, 0.1) is 5.52 Å². The van der Waals surface area contributed by atoms with Crippen molar-refractivity contribution >= 4 is 22.8 Å². The number of aromatic nitrogens is 4. The van der Waals surface area contributed by atoms with Gasteiger partial charge in [0.15, 0.2) is 0 Å². The molecule has 35 heavy (non-hydrogen) atoms. The largest absolute Gasteiger partial charge is 0.354 e. The van der Waals surface area contributed by atoms with E-state index in [1.807, 2.05) is 54.6 Å². The normalized spacial score (nSPS) is 12.0. The van der Waals surface area contributed by atoms with Crippen LogP contribution in [0, 0.1) is 5.92 Å². The first-order chi connectivity index (χ1) is 17.0. The molecule has 4 rings (SSSR count). The van der Waals surface area contributed by atoms with Gasteiger partial charge in [-0.25, -0.2) is 4.68 Å². The number of fused-ring (bicyclic) bond motifs is 1. The topological polar surface area (TPSA) is 93.0 Å². The van der Waals surface area contributed by atoms with Gasteiger partial charge in [0.2, 0.25) is 11.8 Å². The SMILES string of the molecule is CC(C)CCNC(=O)C(c1ccncc1)N(Cc1ccccc1)C(=O)Cn1nnc2ccccc21. The number of rotatable bonds is 10. The van der Waals surface area contributed by atoms with Crippen molar-refractivity contribution in [2.75, 3.05) is 6.54 Å². The van der Waals surface area contributed by atoms with Crippen molar-refractivity contribution in [1.82, 2.24) is 30.2 Å². The number of hydrogen-bond acceptors (Lipinski definition) is 5. The lowest BCUT2D eigenvalue weighted by atomic mass is 10.0. The van der Waals surface area contributed by atoms with Gasteiger partial charge in [-0.05, 0) is 47.7 Å². The number of benzene rings is 2. The number of pyridine rings is 1. The van der Waals surface area contributed by atoms with Crippen LogP contribution in [0.4, 0.5) is 0 Å². The molecule has 0 aliphatic heterocycles.